The van der Waals surface area contributed by atoms with Crippen molar-refractivity contribution in [3.8, 4) is 17.2 Å². The first-order valence-corrected chi connectivity index (χ1v) is 14.3. The summed E-state index contributed by atoms with van der Waals surface area (Å²) in [5.74, 6) is 1.44. The van der Waals surface area contributed by atoms with E-state index in [1.165, 1.54) is 23.5 Å². The van der Waals surface area contributed by atoms with Gasteiger partial charge in [-0.15, -0.1) is 0 Å². The zero-order valence-corrected chi connectivity index (χ0v) is 23.1. The van der Waals surface area contributed by atoms with Gasteiger partial charge in [0.15, 0.2) is 11.5 Å². The maximum Gasteiger partial charge on any atom is 0.264 e. The number of para-hydroxylation sites is 1. The van der Waals surface area contributed by atoms with Gasteiger partial charge in [-0.25, -0.2) is 8.42 Å². The lowest BCUT2D eigenvalue weighted by molar-refractivity contribution is 0.0940. The van der Waals surface area contributed by atoms with Crippen LogP contribution in [-0.2, 0) is 16.6 Å². The van der Waals surface area contributed by atoms with Crippen LogP contribution < -0.4 is 23.8 Å². The Labute approximate surface area is 234 Å². The molecule has 0 saturated heterocycles. The molecule has 0 aliphatic carbocycles. The summed E-state index contributed by atoms with van der Waals surface area (Å²) in [6.45, 7) is 2.86. The Balaban J connectivity index is 1.49. The number of benzene rings is 4. The molecule has 1 aliphatic heterocycles. The maximum absolute atomic E-state index is 14.0. The lowest BCUT2D eigenvalue weighted by Crippen LogP contribution is -2.34. The van der Waals surface area contributed by atoms with E-state index < -0.39 is 15.9 Å². The normalized spacial score (nSPS) is 13.2. The molecule has 0 saturated carbocycles. The van der Waals surface area contributed by atoms with Gasteiger partial charge in [0.1, 0.15) is 19.0 Å². The Hall–Kier alpha value is -4.50. The van der Waals surface area contributed by atoms with E-state index in [2.05, 4.69) is 5.32 Å². The van der Waals surface area contributed by atoms with Crippen molar-refractivity contribution in [3.63, 3.8) is 0 Å². The second-order valence-corrected chi connectivity index (χ2v) is 11.2. The van der Waals surface area contributed by atoms with E-state index in [0.29, 0.717) is 30.5 Å². The lowest BCUT2D eigenvalue weighted by Gasteiger charge is -2.27. The van der Waals surface area contributed by atoms with Crippen LogP contribution in [0.4, 0.5) is 5.69 Å². The molecular weight excluding hydrogens is 528 g/mol. The number of ether oxygens (including phenoxy) is 3. The number of carbonyl (C=O) groups is 1. The molecule has 0 radical (unpaired) electrons. The van der Waals surface area contributed by atoms with Gasteiger partial charge in [0.05, 0.1) is 35.8 Å². The number of nitrogens with zero attached hydrogens (tertiary/aromatic N) is 1. The highest BCUT2D eigenvalue weighted by Gasteiger charge is 2.29. The summed E-state index contributed by atoms with van der Waals surface area (Å²) in [4.78, 5) is 13.7. The third-order valence-corrected chi connectivity index (χ3v) is 8.42. The van der Waals surface area contributed by atoms with E-state index in [4.69, 9.17) is 14.2 Å². The van der Waals surface area contributed by atoms with Gasteiger partial charge in [-0.05, 0) is 66.6 Å². The number of hydrogen-bond acceptors (Lipinski definition) is 6. The Kier molecular flexibility index (Phi) is 7.93. The van der Waals surface area contributed by atoms with Gasteiger partial charge in [0.25, 0.3) is 15.9 Å². The largest absolute Gasteiger partial charge is 0.497 e. The molecule has 1 heterocycles. The van der Waals surface area contributed by atoms with Gasteiger partial charge in [-0.2, -0.15) is 0 Å². The van der Waals surface area contributed by atoms with Crippen LogP contribution >= 0.6 is 0 Å². The number of rotatable bonds is 9. The Morgan fingerprint density at radius 2 is 1.57 bits per heavy atom. The number of anilines is 1. The first-order valence-electron chi connectivity index (χ1n) is 12.9. The molecule has 4 aromatic carbocycles. The lowest BCUT2D eigenvalue weighted by atomic mass is 10.1. The summed E-state index contributed by atoms with van der Waals surface area (Å²) in [5, 5.41) is 3.01. The molecule has 1 aliphatic rings. The van der Waals surface area contributed by atoms with Gasteiger partial charge >= 0.3 is 0 Å². The number of nitrogens with one attached hydrogen (secondary N) is 1. The molecule has 0 aromatic heterocycles. The van der Waals surface area contributed by atoms with Gasteiger partial charge in [0.2, 0.25) is 0 Å². The van der Waals surface area contributed by atoms with Gasteiger partial charge in [-0.1, -0.05) is 48.5 Å². The third-order valence-electron chi connectivity index (χ3n) is 6.65. The van der Waals surface area contributed by atoms with E-state index in [9.17, 15) is 13.2 Å². The molecule has 4 aromatic rings. The Bertz CT molecular complexity index is 1590. The molecule has 8 nitrogen and oxygen atoms in total. The van der Waals surface area contributed by atoms with Crippen LogP contribution in [0, 0.1) is 0 Å². The number of hydrogen-bond donors (Lipinski definition) is 1. The second-order valence-electron chi connectivity index (χ2n) is 9.29. The van der Waals surface area contributed by atoms with Gasteiger partial charge in [-0.3, -0.25) is 9.10 Å². The quantitative estimate of drug-likeness (QED) is 0.298. The fourth-order valence-electron chi connectivity index (χ4n) is 4.49. The summed E-state index contributed by atoms with van der Waals surface area (Å²) < 4.78 is 45.8. The molecule has 0 unspecified atom stereocenters. The van der Waals surface area contributed by atoms with E-state index in [1.54, 1.807) is 36.4 Å². The van der Waals surface area contributed by atoms with Crippen molar-refractivity contribution in [2.75, 3.05) is 24.6 Å². The SMILES string of the molecule is COc1ccc(S(=O)(=O)N(Cc2ccccc2)c2ccccc2C(=O)N[C@H](C)c2ccc3c(c2)OCCO3)cc1. The minimum atomic E-state index is -4.06. The van der Waals surface area contributed by atoms with E-state index in [-0.39, 0.29) is 28.7 Å². The molecular formula is C31H30N2O6S. The number of amides is 1. The zero-order chi connectivity index (χ0) is 28.1. The highest BCUT2D eigenvalue weighted by Crippen LogP contribution is 2.34. The highest BCUT2D eigenvalue weighted by molar-refractivity contribution is 7.92. The molecule has 9 heteroatoms. The number of methoxy groups -OCH3 is 1. The van der Waals surface area contributed by atoms with Crippen LogP contribution in [0.5, 0.6) is 17.2 Å². The molecule has 0 fully saturated rings. The fourth-order valence-corrected chi connectivity index (χ4v) is 5.97. The zero-order valence-electron chi connectivity index (χ0n) is 22.2. The number of carbonyl (C=O) groups excluding carboxylic acids is 1. The minimum Gasteiger partial charge on any atom is -0.497 e. The topological polar surface area (TPSA) is 94.2 Å². The first kappa shape index (κ1) is 27.1. The van der Waals surface area contributed by atoms with Crippen LogP contribution in [0.15, 0.2) is 102 Å². The average Bonchev–Trinajstić information content (AvgIpc) is 3.00. The summed E-state index contributed by atoms with van der Waals surface area (Å²) in [6, 6.07) is 27.3. The Morgan fingerprint density at radius 3 is 2.30 bits per heavy atom. The van der Waals surface area contributed by atoms with Crippen LogP contribution in [0.2, 0.25) is 0 Å². The van der Waals surface area contributed by atoms with Crippen molar-refractivity contribution in [1.82, 2.24) is 5.32 Å². The molecule has 40 heavy (non-hydrogen) atoms. The molecule has 0 spiro atoms. The fraction of sp³-hybridized carbons (Fsp3) is 0.194. The van der Waals surface area contributed by atoms with Crippen LogP contribution in [-0.4, -0.2) is 34.6 Å². The van der Waals surface area contributed by atoms with Crippen molar-refractivity contribution >= 4 is 21.6 Å². The summed E-state index contributed by atoms with van der Waals surface area (Å²) in [7, 11) is -2.54. The Morgan fingerprint density at radius 1 is 0.900 bits per heavy atom. The molecule has 206 valence electrons. The smallest absolute Gasteiger partial charge is 0.264 e. The summed E-state index contributed by atoms with van der Waals surface area (Å²) in [5.41, 5.74) is 2.12. The third kappa shape index (κ3) is 5.74. The maximum atomic E-state index is 14.0. The van der Waals surface area contributed by atoms with E-state index >= 15 is 0 Å². The molecule has 5 rings (SSSR count). The number of fused-ring (bicyclic) bond motifs is 1. The van der Waals surface area contributed by atoms with Crippen LogP contribution in [0.25, 0.3) is 0 Å². The standard InChI is InChI=1S/C31H30N2O6S/c1-22(24-12-17-29-30(20-24)39-19-18-38-29)32-31(34)27-10-6-7-11-28(27)33(21-23-8-4-3-5-9-23)40(35,36)26-15-13-25(37-2)14-16-26/h3-17,20,22H,18-19,21H2,1-2H3,(H,32,34)/t22-/m1/s1. The van der Waals surface area contributed by atoms with Crippen molar-refractivity contribution in [2.24, 2.45) is 0 Å². The van der Waals surface area contributed by atoms with Crippen LogP contribution in [0.3, 0.4) is 0 Å². The highest BCUT2D eigenvalue weighted by atomic mass is 32.2. The van der Waals surface area contributed by atoms with Gasteiger partial charge < -0.3 is 19.5 Å². The summed E-state index contributed by atoms with van der Waals surface area (Å²) in [6.07, 6.45) is 0. The van der Waals surface area contributed by atoms with Gasteiger partial charge in [0, 0.05) is 0 Å². The predicted octanol–water partition coefficient (Wildman–Crippen LogP) is 5.35. The van der Waals surface area contributed by atoms with Crippen molar-refractivity contribution < 1.29 is 27.4 Å². The van der Waals surface area contributed by atoms with Crippen molar-refractivity contribution in [1.29, 1.82) is 0 Å². The van der Waals surface area contributed by atoms with E-state index in [0.717, 1.165) is 11.1 Å². The second kappa shape index (κ2) is 11.7. The molecule has 1 N–H and O–H groups in total. The van der Waals surface area contributed by atoms with Crippen molar-refractivity contribution in [3.05, 3.63) is 114 Å². The summed E-state index contributed by atoms with van der Waals surface area (Å²) >= 11 is 0. The minimum absolute atomic E-state index is 0.0389. The number of sulfonamides is 1. The first-order chi connectivity index (χ1) is 19.4. The average molecular weight is 559 g/mol. The van der Waals surface area contributed by atoms with Crippen LogP contribution in [0.1, 0.15) is 34.5 Å². The van der Waals surface area contributed by atoms with Crippen molar-refractivity contribution in [2.45, 2.75) is 24.4 Å². The molecule has 0 bridgehead atoms. The monoisotopic (exact) mass is 558 g/mol. The molecule has 1 amide bonds. The van der Waals surface area contributed by atoms with E-state index in [1.807, 2.05) is 55.5 Å². The predicted molar refractivity (Wildman–Crippen MR) is 153 cm³/mol. The molecule has 1 atom stereocenters.